The van der Waals surface area contributed by atoms with Crippen LogP contribution >= 0.6 is 11.8 Å². The minimum absolute atomic E-state index is 0.0933. The van der Waals surface area contributed by atoms with Crippen molar-refractivity contribution in [1.82, 2.24) is 9.97 Å². The summed E-state index contributed by atoms with van der Waals surface area (Å²) in [6.45, 7) is 0. The quantitative estimate of drug-likeness (QED) is 0.390. The van der Waals surface area contributed by atoms with Crippen LogP contribution in [0.4, 0.5) is 19.0 Å². The van der Waals surface area contributed by atoms with Gasteiger partial charge in [-0.05, 0) is 12.1 Å². The molecule has 9 heteroatoms. The maximum absolute atomic E-state index is 12.6. The standard InChI is InChI=1S/C10H9F3N4OS/c11-10(12,13)9-15-7(17-14)4-8(16-9)19-5-6-2-1-3-18-6/h1-4H,5,14H2,(H,15,16,17). The van der Waals surface area contributed by atoms with Gasteiger partial charge in [0.15, 0.2) is 0 Å². The SMILES string of the molecule is NNc1cc(SCc2ccco2)nc(C(F)(F)F)n1. The Bertz CT molecular complexity index is 544. The van der Waals surface area contributed by atoms with Crippen molar-refractivity contribution in [1.29, 1.82) is 0 Å². The van der Waals surface area contributed by atoms with Crippen LogP contribution in [0.2, 0.25) is 0 Å². The average Bonchev–Trinajstić information content (AvgIpc) is 2.88. The summed E-state index contributed by atoms with van der Waals surface area (Å²) >= 11 is 1.10. The second kappa shape index (κ2) is 5.49. The molecule has 19 heavy (non-hydrogen) atoms. The molecule has 0 aromatic carbocycles. The Morgan fingerprint density at radius 2 is 2.16 bits per heavy atom. The molecule has 0 bridgehead atoms. The maximum Gasteiger partial charge on any atom is 0.451 e. The maximum atomic E-state index is 12.6. The molecule has 0 unspecified atom stereocenters. The van der Waals surface area contributed by atoms with E-state index in [9.17, 15) is 13.2 Å². The number of nitrogens with one attached hydrogen (secondary N) is 1. The van der Waals surface area contributed by atoms with E-state index in [1.807, 2.05) is 0 Å². The predicted octanol–water partition coefficient (Wildman–Crippen LogP) is 2.67. The first-order valence-corrected chi connectivity index (χ1v) is 6.05. The number of nitrogens with zero attached hydrogens (tertiary/aromatic N) is 2. The van der Waals surface area contributed by atoms with Crippen molar-refractivity contribution in [2.45, 2.75) is 17.0 Å². The number of nitrogen functional groups attached to an aromatic ring is 1. The molecule has 0 aliphatic carbocycles. The molecule has 0 saturated carbocycles. The Morgan fingerprint density at radius 1 is 1.37 bits per heavy atom. The van der Waals surface area contributed by atoms with Gasteiger partial charge in [-0.1, -0.05) is 11.8 Å². The van der Waals surface area contributed by atoms with Gasteiger partial charge in [-0.25, -0.2) is 15.8 Å². The number of furan rings is 1. The molecule has 2 aromatic heterocycles. The molecule has 0 aliphatic heterocycles. The van der Waals surface area contributed by atoms with Gasteiger partial charge in [0.05, 0.1) is 12.0 Å². The Balaban J connectivity index is 2.19. The second-order valence-corrected chi connectivity index (χ2v) is 4.42. The molecule has 102 valence electrons. The first-order valence-electron chi connectivity index (χ1n) is 5.07. The van der Waals surface area contributed by atoms with Crippen molar-refractivity contribution in [3.63, 3.8) is 0 Å². The van der Waals surface area contributed by atoms with E-state index in [2.05, 4.69) is 15.4 Å². The number of halogens is 3. The van der Waals surface area contributed by atoms with Gasteiger partial charge in [0.1, 0.15) is 16.6 Å². The molecule has 0 radical (unpaired) electrons. The summed E-state index contributed by atoms with van der Waals surface area (Å²) < 4.78 is 42.8. The van der Waals surface area contributed by atoms with Crippen LogP contribution in [0.5, 0.6) is 0 Å². The largest absolute Gasteiger partial charge is 0.468 e. The van der Waals surface area contributed by atoms with Crippen molar-refractivity contribution in [2.24, 2.45) is 5.84 Å². The van der Waals surface area contributed by atoms with Crippen LogP contribution in [0, 0.1) is 0 Å². The molecule has 0 amide bonds. The van der Waals surface area contributed by atoms with E-state index in [1.165, 1.54) is 12.3 Å². The molecular weight excluding hydrogens is 281 g/mol. The topological polar surface area (TPSA) is 77.0 Å². The first kappa shape index (κ1) is 13.7. The molecule has 0 saturated heterocycles. The fourth-order valence-corrected chi connectivity index (χ4v) is 2.04. The lowest BCUT2D eigenvalue weighted by molar-refractivity contribution is -0.145. The van der Waals surface area contributed by atoms with Gasteiger partial charge in [-0.3, -0.25) is 0 Å². The van der Waals surface area contributed by atoms with Crippen molar-refractivity contribution < 1.29 is 17.6 Å². The molecule has 5 nitrogen and oxygen atoms in total. The summed E-state index contributed by atoms with van der Waals surface area (Å²) in [5.41, 5.74) is 2.09. The Hall–Kier alpha value is -1.74. The zero-order valence-corrected chi connectivity index (χ0v) is 10.3. The number of alkyl halides is 3. The number of rotatable bonds is 4. The Morgan fingerprint density at radius 3 is 2.74 bits per heavy atom. The molecular formula is C10H9F3N4OS. The van der Waals surface area contributed by atoms with Crippen LogP contribution in [0.15, 0.2) is 33.9 Å². The van der Waals surface area contributed by atoms with Crippen molar-refractivity contribution in [2.75, 3.05) is 5.43 Å². The summed E-state index contributed by atoms with van der Waals surface area (Å²) in [7, 11) is 0. The summed E-state index contributed by atoms with van der Waals surface area (Å²) in [5.74, 6) is 4.77. The third-order valence-corrected chi connectivity index (χ3v) is 2.98. The van der Waals surface area contributed by atoms with E-state index < -0.39 is 12.0 Å². The monoisotopic (exact) mass is 290 g/mol. The van der Waals surface area contributed by atoms with E-state index in [4.69, 9.17) is 10.3 Å². The highest BCUT2D eigenvalue weighted by Crippen LogP contribution is 2.30. The first-order chi connectivity index (χ1) is 8.99. The fourth-order valence-electron chi connectivity index (χ4n) is 1.24. The number of anilines is 1. The Labute approximate surface area is 110 Å². The molecule has 0 spiro atoms. The minimum Gasteiger partial charge on any atom is -0.468 e. The number of hydrazine groups is 1. The number of thioether (sulfide) groups is 1. The van der Waals surface area contributed by atoms with Crippen molar-refractivity contribution >= 4 is 17.6 Å². The minimum atomic E-state index is -4.62. The van der Waals surface area contributed by atoms with E-state index in [1.54, 1.807) is 12.1 Å². The lowest BCUT2D eigenvalue weighted by Gasteiger charge is -2.09. The second-order valence-electron chi connectivity index (χ2n) is 3.43. The van der Waals surface area contributed by atoms with Gasteiger partial charge >= 0.3 is 6.18 Å². The van der Waals surface area contributed by atoms with Gasteiger partial charge in [0.25, 0.3) is 0 Å². The van der Waals surface area contributed by atoms with E-state index in [-0.39, 0.29) is 10.8 Å². The molecule has 2 heterocycles. The van der Waals surface area contributed by atoms with Gasteiger partial charge in [0.2, 0.25) is 5.82 Å². The summed E-state index contributed by atoms with van der Waals surface area (Å²) in [6.07, 6.45) is -3.13. The molecule has 3 N–H and O–H groups in total. The van der Waals surface area contributed by atoms with Gasteiger partial charge < -0.3 is 9.84 Å². The molecule has 0 atom stereocenters. The van der Waals surface area contributed by atoms with Crippen LogP contribution < -0.4 is 11.3 Å². The van der Waals surface area contributed by atoms with Crippen LogP contribution in [0.3, 0.4) is 0 Å². The fraction of sp³-hybridized carbons (Fsp3) is 0.200. The number of aromatic nitrogens is 2. The van der Waals surface area contributed by atoms with E-state index >= 15 is 0 Å². The molecule has 2 rings (SSSR count). The number of hydrogen-bond acceptors (Lipinski definition) is 6. The van der Waals surface area contributed by atoms with E-state index in [0.29, 0.717) is 11.5 Å². The average molecular weight is 290 g/mol. The molecule has 0 fully saturated rings. The predicted molar refractivity (Wildman–Crippen MR) is 63.1 cm³/mol. The highest BCUT2D eigenvalue weighted by Gasteiger charge is 2.35. The summed E-state index contributed by atoms with van der Waals surface area (Å²) in [6, 6.07) is 4.76. The lowest BCUT2D eigenvalue weighted by atomic mass is 10.5. The number of nitrogens with two attached hydrogens (primary N) is 1. The normalized spacial score (nSPS) is 11.6. The third kappa shape index (κ3) is 3.61. The van der Waals surface area contributed by atoms with Gasteiger partial charge in [0, 0.05) is 6.07 Å². The van der Waals surface area contributed by atoms with Gasteiger partial charge in [-0.2, -0.15) is 13.2 Å². The van der Waals surface area contributed by atoms with Crippen molar-refractivity contribution in [3.8, 4) is 0 Å². The van der Waals surface area contributed by atoms with E-state index in [0.717, 1.165) is 11.8 Å². The van der Waals surface area contributed by atoms with Crippen LogP contribution in [0.1, 0.15) is 11.6 Å². The molecule has 0 aliphatic rings. The Kier molecular flexibility index (Phi) is 3.96. The third-order valence-electron chi connectivity index (χ3n) is 2.05. The van der Waals surface area contributed by atoms with Crippen LogP contribution in [-0.4, -0.2) is 9.97 Å². The number of hydrogen-bond donors (Lipinski definition) is 2. The smallest absolute Gasteiger partial charge is 0.451 e. The van der Waals surface area contributed by atoms with Crippen LogP contribution in [-0.2, 0) is 11.9 Å². The highest BCUT2D eigenvalue weighted by molar-refractivity contribution is 7.98. The zero-order chi connectivity index (χ0) is 13.9. The van der Waals surface area contributed by atoms with Crippen molar-refractivity contribution in [3.05, 3.63) is 36.0 Å². The lowest BCUT2D eigenvalue weighted by Crippen LogP contribution is -2.16. The van der Waals surface area contributed by atoms with Gasteiger partial charge in [-0.15, -0.1) is 0 Å². The van der Waals surface area contributed by atoms with Crippen LogP contribution in [0.25, 0.3) is 0 Å². The summed E-state index contributed by atoms with van der Waals surface area (Å²) in [5, 5.41) is 0.159. The molecule has 2 aromatic rings. The zero-order valence-electron chi connectivity index (χ0n) is 9.44. The summed E-state index contributed by atoms with van der Waals surface area (Å²) in [4.78, 5) is 6.70. The highest BCUT2D eigenvalue weighted by atomic mass is 32.2.